The van der Waals surface area contributed by atoms with E-state index >= 15 is 0 Å². The Morgan fingerprint density at radius 3 is 2.77 bits per heavy atom. The van der Waals surface area contributed by atoms with Gasteiger partial charge in [0, 0.05) is 12.7 Å². The zero-order valence-corrected chi connectivity index (χ0v) is 8.56. The fourth-order valence-electron chi connectivity index (χ4n) is 1.78. The summed E-state index contributed by atoms with van der Waals surface area (Å²) in [7, 11) is -1.85. The molecule has 0 bridgehead atoms. The molecule has 0 spiro atoms. The third kappa shape index (κ3) is 1.18. The van der Waals surface area contributed by atoms with Crippen molar-refractivity contribution in [1.29, 1.82) is 0 Å². The first kappa shape index (κ1) is 8.74. The normalized spacial score (nSPS) is 26.0. The average molecular weight is 200 g/mol. The molecule has 1 fully saturated rings. The van der Waals surface area contributed by atoms with Gasteiger partial charge in [0.15, 0.2) is 0 Å². The summed E-state index contributed by atoms with van der Waals surface area (Å²) in [5, 5.41) is 0. The molecule has 0 amide bonds. The zero-order chi connectivity index (χ0) is 9.64. The molecule has 1 aliphatic heterocycles. The maximum absolute atomic E-state index is 11.4. The second-order valence-electron chi connectivity index (χ2n) is 3.40. The van der Waals surface area contributed by atoms with Gasteiger partial charge in [-0.05, 0) is 31.8 Å². The van der Waals surface area contributed by atoms with E-state index in [1.54, 1.807) is 7.05 Å². The highest BCUT2D eigenvalue weighted by molar-refractivity contribution is 7.88. The minimum absolute atomic E-state index is 0.774. The maximum atomic E-state index is 11.4. The van der Waals surface area contributed by atoms with Crippen LogP contribution < -0.4 is 0 Å². The Morgan fingerprint density at radius 1 is 1.38 bits per heavy atom. The summed E-state index contributed by atoms with van der Waals surface area (Å²) in [6.07, 6.45) is 2.79. The monoisotopic (exact) mass is 200 g/mol. The topological polar surface area (TPSA) is 49.7 Å². The minimum atomic E-state index is -3.40. The van der Waals surface area contributed by atoms with Gasteiger partial charge >= 0.3 is 10.2 Å². The number of nitrogens with zero attached hydrogens (tertiary/aromatic N) is 2. The highest BCUT2D eigenvalue weighted by Gasteiger charge is 2.30. The van der Waals surface area contributed by atoms with Crippen LogP contribution in [0.4, 0.5) is 0 Å². The summed E-state index contributed by atoms with van der Waals surface area (Å²) < 4.78 is 27.9. The number of rotatable bonds is 0. The van der Waals surface area contributed by atoms with Gasteiger partial charge in [-0.2, -0.15) is 8.42 Å². The molecule has 4 nitrogen and oxygen atoms in total. The summed E-state index contributed by atoms with van der Waals surface area (Å²) in [6, 6.07) is 0. The molecule has 1 heterocycles. The molecule has 0 radical (unpaired) electrons. The summed E-state index contributed by atoms with van der Waals surface area (Å²) in [5.74, 6) is 0. The third-order valence-corrected chi connectivity index (χ3v) is 4.09. The molecule has 0 aromatic carbocycles. The first-order valence-electron chi connectivity index (χ1n) is 4.30. The molecule has 0 unspecified atom stereocenters. The quantitative estimate of drug-likeness (QED) is 0.587. The molecule has 0 N–H and O–H groups in total. The number of allylic oxidation sites excluding steroid dienone is 2. The van der Waals surface area contributed by atoms with Gasteiger partial charge in [-0.15, -0.1) is 4.40 Å². The standard InChI is InChI=1S/C8H12N2O2S/c1-6-7-4-3-5-8(7)9-13(11,12)10(6)2/h3-5H2,1-2H3. The Labute approximate surface area is 78.1 Å². The molecule has 0 saturated heterocycles. The van der Waals surface area contributed by atoms with Gasteiger partial charge in [-0.3, -0.25) is 4.31 Å². The van der Waals surface area contributed by atoms with E-state index in [-0.39, 0.29) is 0 Å². The Morgan fingerprint density at radius 2 is 2.08 bits per heavy atom. The Hall–Kier alpha value is -0.840. The first-order chi connectivity index (χ1) is 6.02. The van der Waals surface area contributed by atoms with E-state index in [2.05, 4.69) is 4.40 Å². The summed E-state index contributed by atoms with van der Waals surface area (Å²) in [6.45, 7) is 1.84. The zero-order valence-electron chi connectivity index (χ0n) is 7.74. The second-order valence-corrected chi connectivity index (χ2v) is 5.03. The predicted molar refractivity (Wildman–Crippen MR) is 50.7 cm³/mol. The maximum Gasteiger partial charge on any atom is 0.344 e. The fraction of sp³-hybridized carbons (Fsp3) is 0.625. The molecule has 5 heteroatoms. The lowest BCUT2D eigenvalue weighted by atomic mass is 10.1. The third-order valence-electron chi connectivity index (χ3n) is 2.67. The van der Waals surface area contributed by atoms with Gasteiger partial charge in [-0.25, -0.2) is 0 Å². The molecule has 72 valence electrons. The number of hydrogen-bond acceptors (Lipinski definition) is 2. The molecule has 0 aromatic heterocycles. The van der Waals surface area contributed by atoms with E-state index in [4.69, 9.17) is 0 Å². The van der Waals surface area contributed by atoms with Crippen molar-refractivity contribution < 1.29 is 8.42 Å². The van der Waals surface area contributed by atoms with Gasteiger partial charge in [0.2, 0.25) is 0 Å². The van der Waals surface area contributed by atoms with Crippen molar-refractivity contribution in [2.45, 2.75) is 26.2 Å². The SMILES string of the molecule is CC1=C2CCCC2=NS(=O)(=O)N1C. The number of hydrogen-bond donors (Lipinski definition) is 0. The molecular weight excluding hydrogens is 188 g/mol. The van der Waals surface area contributed by atoms with Crippen molar-refractivity contribution in [2.24, 2.45) is 4.40 Å². The summed E-state index contributed by atoms with van der Waals surface area (Å²) >= 11 is 0. The summed E-state index contributed by atoms with van der Waals surface area (Å²) in [4.78, 5) is 0. The largest absolute Gasteiger partial charge is 0.344 e. The lowest BCUT2D eigenvalue weighted by Gasteiger charge is -2.23. The van der Waals surface area contributed by atoms with Crippen molar-refractivity contribution in [3.8, 4) is 0 Å². The van der Waals surface area contributed by atoms with Crippen molar-refractivity contribution >= 4 is 15.9 Å². The predicted octanol–water partition coefficient (Wildman–Crippen LogP) is 1.08. The molecule has 13 heavy (non-hydrogen) atoms. The molecule has 0 atom stereocenters. The van der Waals surface area contributed by atoms with Crippen molar-refractivity contribution in [2.75, 3.05) is 7.05 Å². The molecule has 1 saturated carbocycles. The Bertz CT molecular complexity index is 406. The van der Waals surface area contributed by atoms with Crippen molar-refractivity contribution in [3.63, 3.8) is 0 Å². The van der Waals surface area contributed by atoms with Crippen LogP contribution in [0.25, 0.3) is 0 Å². The van der Waals surface area contributed by atoms with Crippen LogP contribution in [0.1, 0.15) is 26.2 Å². The van der Waals surface area contributed by atoms with Crippen LogP contribution in [0, 0.1) is 0 Å². The lowest BCUT2D eigenvalue weighted by Crippen LogP contribution is -2.29. The molecule has 0 aromatic rings. The summed E-state index contributed by atoms with van der Waals surface area (Å²) in [5.41, 5.74) is 2.73. The first-order valence-corrected chi connectivity index (χ1v) is 5.70. The van der Waals surface area contributed by atoms with Crippen LogP contribution in [0.5, 0.6) is 0 Å². The highest BCUT2D eigenvalue weighted by atomic mass is 32.2. The second kappa shape index (κ2) is 2.57. The van der Waals surface area contributed by atoms with Crippen molar-refractivity contribution in [3.05, 3.63) is 11.3 Å². The highest BCUT2D eigenvalue weighted by Crippen LogP contribution is 2.31. The molecule has 2 aliphatic rings. The van der Waals surface area contributed by atoms with E-state index in [9.17, 15) is 8.42 Å². The Kier molecular flexibility index (Phi) is 1.73. The fourth-order valence-corrected chi connectivity index (χ4v) is 2.84. The average Bonchev–Trinajstić information content (AvgIpc) is 2.47. The van der Waals surface area contributed by atoms with E-state index in [1.807, 2.05) is 6.92 Å². The van der Waals surface area contributed by atoms with E-state index < -0.39 is 10.2 Å². The van der Waals surface area contributed by atoms with Crippen LogP contribution in [-0.2, 0) is 10.2 Å². The number of fused-ring (bicyclic) bond motifs is 1. The van der Waals surface area contributed by atoms with Crippen LogP contribution in [0.2, 0.25) is 0 Å². The van der Waals surface area contributed by atoms with Gasteiger partial charge in [0.05, 0.1) is 5.71 Å². The molecule has 2 rings (SSSR count). The lowest BCUT2D eigenvalue weighted by molar-refractivity contribution is 0.521. The van der Waals surface area contributed by atoms with Crippen LogP contribution in [0.15, 0.2) is 15.7 Å². The van der Waals surface area contributed by atoms with Crippen LogP contribution in [-0.4, -0.2) is 25.5 Å². The molecular formula is C8H12N2O2S. The van der Waals surface area contributed by atoms with E-state index in [1.165, 1.54) is 4.31 Å². The van der Waals surface area contributed by atoms with Crippen LogP contribution >= 0.6 is 0 Å². The van der Waals surface area contributed by atoms with Crippen molar-refractivity contribution in [1.82, 2.24) is 4.31 Å². The van der Waals surface area contributed by atoms with Gasteiger partial charge < -0.3 is 0 Å². The van der Waals surface area contributed by atoms with Crippen LogP contribution in [0.3, 0.4) is 0 Å². The molecule has 1 aliphatic carbocycles. The van der Waals surface area contributed by atoms with E-state index in [0.29, 0.717) is 0 Å². The van der Waals surface area contributed by atoms with Gasteiger partial charge in [0.25, 0.3) is 0 Å². The minimum Gasteiger partial charge on any atom is -0.259 e. The van der Waals surface area contributed by atoms with Gasteiger partial charge in [0.1, 0.15) is 0 Å². The van der Waals surface area contributed by atoms with Gasteiger partial charge in [-0.1, -0.05) is 0 Å². The van der Waals surface area contributed by atoms with E-state index in [0.717, 1.165) is 36.2 Å². The smallest absolute Gasteiger partial charge is 0.259 e. The Balaban J connectivity index is 2.60.